The van der Waals surface area contributed by atoms with Crippen LogP contribution in [0.1, 0.15) is 27.9 Å². The highest BCUT2D eigenvalue weighted by Gasteiger charge is 2.13. The maximum absolute atomic E-state index is 12.4. The molecule has 4 rings (SSSR count). The minimum Gasteiger partial charge on any atom is -0.355 e. The second-order valence-corrected chi connectivity index (χ2v) is 8.40. The van der Waals surface area contributed by atoms with E-state index in [0.717, 1.165) is 28.3 Å². The van der Waals surface area contributed by atoms with Crippen molar-refractivity contribution in [1.82, 2.24) is 14.7 Å². The number of thiazole rings is 1. The van der Waals surface area contributed by atoms with Gasteiger partial charge >= 0.3 is 0 Å². The third kappa shape index (κ3) is 4.91. The number of aromatic nitrogens is 2. The molecule has 0 aliphatic carbocycles. The zero-order valence-corrected chi connectivity index (χ0v) is 19.1. The molecule has 1 amide bonds. The van der Waals surface area contributed by atoms with Crippen molar-refractivity contribution in [2.24, 2.45) is 0 Å². The Balaban J connectivity index is 0.00000256. The van der Waals surface area contributed by atoms with E-state index in [-0.39, 0.29) is 18.3 Å². The quantitative estimate of drug-likeness (QED) is 0.442. The Morgan fingerprint density at radius 3 is 2.57 bits per heavy atom. The Labute approximate surface area is 187 Å². The molecule has 2 heterocycles. The maximum atomic E-state index is 12.4. The van der Waals surface area contributed by atoms with Gasteiger partial charge in [0.15, 0.2) is 4.96 Å². The van der Waals surface area contributed by atoms with Gasteiger partial charge in [-0.05, 0) is 49.9 Å². The van der Waals surface area contributed by atoms with Crippen LogP contribution in [-0.2, 0) is 17.6 Å². The smallest absolute Gasteiger partial charge is 0.225 e. The fraction of sp³-hybridized carbons (Fsp3) is 0.250. The van der Waals surface area contributed by atoms with E-state index in [1.807, 2.05) is 16.0 Å². The molecule has 0 radical (unpaired) electrons. The molecule has 0 aliphatic heterocycles. The van der Waals surface area contributed by atoms with Gasteiger partial charge in [0.1, 0.15) is 0 Å². The Morgan fingerprint density at radius 1 is 1.07 bits per heavy atom. The van der Waals surface area contributed by atoms with E-state index >= 15 is 0 Å². The molecule has 2 aromatic carbocycles. The number of imidazole rings is 1. The van der Waals surface area contributed by atoms with E-state index in [1.165, 1.54) is 22.3 Å². The van der Waals surface area contributed by atoms with Gasteiger partial charge in [0.05, 0.1) is 12.1 Å². The summed E-state index contributed by atoms with van der Waals surface area (Å²) in [5.74, 6) is 0.0400. The Kier molecular flexibility index (Phi) is 6.95. The van der Waals surface area contributed by atoms with Crippen molar-refractivity contribution in [3.63, 3.8) is 0 Å². The molecular formula is C24H26ClN3OS. The number of rotatable bonds is 6. The van der Waals surface area contributed by atoms with Gasteiger partial charge in [0.25, 0.3) is 0 Å². The van der Waals surface area contributed by atoms with Gasteiger partial charge in [0.2, 0.25) is 5.91 Å². The molecule has 0 unspecified atom stereocenters. The molecule has 0 saturated heterocycles. The molecule has 0 atom stereocenters. The second kappa shape index (κ2) is 9.45. The molecule has 156 valence electrons. The molecule has 1 N–H and O–H groups in total. The first-order valence-electron chi connectivity index (χ1n) is 9.85. The van der Waals surface area contributed by atoms with Crippen molar-refractivity contribution in [2.75, 3.05) is 6.54 Å². The first kappa shape index (κ1) is 22.1. The molecule has 4 aromatic rings. The summed E-state index contributed by atoms with van der Waals surface area (Å²) < 4.78 is 2.04. The second-order valence-electron chi connectivity index (χ2n) is 7.57. The number of carbonyl (C=O) groups excluding carboxylic acids is 1. The lowest BCUT2D eigenvalue weighted by molar-refractivity contribution is -0.120. The van der Waals surface area contributed by atoms with Gasteiger partial charge in [-0.2, -0.15) is 0 Å². The van der Waals surface area contributed by atoms with E-state index in [2.05, 4.69) is 68.6 Å². The van der Waals surface area contributed by atoms with Crippen LogP contribution in [0.5, 0.6) is 0 Å². The SMILES string of the molecule is Cc1ccc(CCNC(=O)Cc2csc3nc(-c4ccc(C)c(C)c4)cn23)cc1.Cl. The van der Waals surface area contributed by atoms with E-state index in [9.17, 15) is 4.79 Å². The minimum atomic E-state index is 0. The van der Waals surface area contributed by atoms with Gasteiger partial charge in [0, 0.05) is 29.4 Å². The zero-order chi connectivity index (χ0) is 20.4. The summed E-state index contributed by atoms with van der Waals surface area (Å²) in [7, 11) is 0. The van der Waals surface area contributed by atoms with Gasteiger partial charge in [-0.3, -0.25) is 9.20 Å². The van der Waals surface area contributed by atoms with Crippen molar-refractivity contribution in [3.05, 3.63) is 82.0 Å². The van der Waals surface area contributed by atoms with Crippen LogP contribution >= 0.6 is 23.7 Å². The third-order valence-corrected chi connectivity index (χ3v) is 6.17. The molecule has 2 aromatic heterocycles. The first-order valence-corrected chi connectivity index (χ1v) is 10.7. The lowest BCUT2D eigenvalue weighted by Crippen LogP contribution is -2.27. The molecule has 4 nitrogen and oxygen atoms in total. The maximum Gasteiger partial charge on any atom is 0.225 e. The lowest BCUT2D eigenvalue weighted by Gasteiger charge is -2.05. The monoisotopic (exact) mass is 439 g/mol. The highest BCUT2D eigenvalue weighted by molar-refractivity contribution is 7.15. The summed E-state index contributed by atoms with van der Waals surface area (Å²) in [4.78, 5) is 18.1. The highest BCUT2D eigenvalue weighted by Crippen LogP contribution is 2.25. The zero-order valence-electron chi connectivity index (χ0n) is 17.4. The largest absolute Gasteiger partial charge is 0.355 e. The van der Waals surface area contributed by atoms with Crippen LogP contribution in [0, 0.1) is 20.8 Å². The van der Waals surface area contributed by atoms with Crippen LogP contribution in [0.15, 0.2) is 54.0 Å². The summed E-state index contributed by atoms with van der Waals surface area (Å²) in [5.41, 5.74) is 8.05. The van der Waals surface area contributed by atoms with Crippen LogP contribution in [0.3, 0.4) is 0 Å². The Hall–Kier alpha value is -2.63. The number of hydrogen-bond donors (Lipinski definition) is 1. The highest BCUT2D eigenvalue weighted by atomic mass is 35.5. The Morgan fingerprint density at radius 2 is 1.83 bits per heavy atom. The third-order valence-electron chi connectivity index (χ3n) is 5.28. The number of halogens is 1. The van der Waals surface area contributed by atoms with Crippen molar-refractivity contribution in [2.45, 2.75) is 33.6 Å². The summed E-state index contributed by atoms with van der Waals surface area (Å²) in [6.07, 6.45) is 3.23. The topological polar surface area (TPSA) is 46.4 Å². The average Bonchev–Trinajstić information content (AvgIpc) is 3.28. The number of aryl methyl sites for hydroxylation is 3. The standard InChI is InChI=1S/C24H25N3OS.ClH/c1-16-4-7-19(8-5-16)10-11-25-23(28)13-21-15-29-24-26-22(14-27(21)24)20-9-6-17(2)18(3)12-20;/h4-9,12,14-15H,10-11,13H2,1-3H3,(H,25,28);1H. The molecule has 6 heteroatoms. The van der Waals surface area contributed by atoms with Crippen LogP contribution in [-0.4, -0.2) is 21.8 Å². The van der Waals surface area contributed by atoms with E-state index < -0.39 is 0 Å². The van der Waals surface area contributed by atoms with E-state index in [1.54, 1.807) is 11.3 Å². The van der Waals surface area contributed by atoms with Crippen molar-refractivity contribution >= 4 is 34.6 Å². The van der Waals surface area contributed by atoms with Gasteiger partial charge in [-0.15, -0.1) is 23.7 Å². The summed E-state index contributed by atoms with van der Waals surface area (Å²) >= 11 is 1.57. The molecule has 0 bridgehead atoms. The van der Waals surface area contributed by atoms with Crippen LogP contribution in [0.25, 0.3) is 16.2 Å². The molecule has 0 spiro atoms. The van der Waals surface area contributed by atoms with Crippen LogP contribution < -0.4 is 5.32 Å². The normalized spacial score (nSPS) is 10.8. The summed E-state index contributed by atoms with van der Waals surface area (Å²) in [6.45, 7) is 6.95. The van der Waals surface area contributed by atoms with Crippen LogP contribution in [0.4, 0.5) is 0 Å². The summed E-state index contributed by atoms with van der Waals surface area (Å²) in [5, 5.41) is 5.05. The summed E-state index contributed by atoms with van der Waals surface area (Å²) in [6, 6.07) is 14.8. The lowest BCUT2D eigenvalue weighted by atomic mass is 10.0. The Bertz CT molecular complexity index is 1160. The number of nitrogens with zero attached hydrogens (tertiary/aromatic N) is 2. The van der Waals surface area contributed by atoms with Crippen molar-refractivity contribution < 1.29 is 4.79 Å². The molecule has 0 aliphatic rings. The number of benzene rings is 2. The number of nitrogens with one attached hydrogen (secondary N) is 1. The van der Waals surface area contributed by atoms with Gasteiger partial charge in [-0.1, -0.05) is 42.0 Å². The van der Waals surface area contributed by atoms with E-state index in [0.29, 0.717) is 13.0 Å². The fourth-order valence-electron chi connectivity index (χ4n) is 3.32. The van der Waals surface area contributed by atoms with Gasteiger partial charge in [-0.25, -0.2) is 4.98 Å². The van der Waals surface area contributed by atoms with Crippen molar-refractivity contribution in [3.8, 4) is 11.3 Å². The predicted octanol–water partition coefficient (Wildman–Crippen LogP) is 5.31. The van der Waals surface area contributed by atoms with Crippen LogP contribution in [0.2, 0.25) is 0 Å². The minimum absolute atomic E-state index is 0. The number of fused-ring (bicyclic) bond motifs is 1. The number of carbonyl (C=O) groups is 1. The predicted molar refractivity (Wildman–Crippen MR) is 127 cm³/mol. The number of amides is 1. The molecule has 0 saturated carbocycles. The van der Waals surface area contributed by atoms with Gasteiger partial charge < -0.3 is 5.32 Å². The average molecular weight is 440 g/mol. The molecule has 0 fully saturated rings. The first-order chi connectivity index (χ1) is 14.0. The molecule has 30 heavy (non-hydrogen) atoms. The fourth-order valence-corrected chi connectivity index (χ4v) is 4.20. The van der Waals surface area contributed by atoms with E-state index in [4.69, 9.17) is 4.98 Å². The molecular weight excluding hydrogens is 414 g/mol. The number of hydrogen-bond acceptors (Lipinski definition) is 3. The van der Waals surface area contributed by atoms with Crippen molar-refractivity contribution in [1.29, 1.82) is 0 Å².